The average Bonchev–Trinajstić information content (AvgIpc) is 2.50. The molecule has 58 valence electrons. The summed E-state index contributed by atoms with van der Waals surface area (Å²) >= 11 is 3.36. The van der Waals surface area contributed by atoms with Crippen LogP contribution in [0.15, 0.2) is 18.2 Å². The summed E-state index contributed by atoms with van der Waals surface area (Å²) in [6, 6.07) is 5.81. The Hall–Kier alpha value is -0.740. The molecule has 1 N–H and O–H groups in total. The zero-order valence-corrected chi connectivity index (χ0v) is 7.22. The van der Waals surface area contributed by atoms with E-state index in [0.717, 1.165) is 16.8 Å². The Morgan fingerprint density at radius 3 is 3.18 bits per heavy atom. The van der Waals surface area contributed by atoms with Gasteiger partial charge in [-0.1, -0.05) is 27.0 Å². The first-order valence-electron chi connectivity index (χ1n) is 3.18. The number of fused-ring (bicyclic) bond motifs is 1. The zero-order valence-electron chi connectivity index (χ0n) is 5.63. The molecule has 0 unspecified atom stereocenters. The predicted molar refractivity (Wildman–Crippen MR) is 44.4 cm³/mol. The molecular formula is C7H6BrNO2. The maximum Gasteiger partial charge on any atom is 0.193 e. The van der Waals surface area contributed by atoms with Crippen molar-refractivity contribution >= 4 is 21.6 Å². The van der Waals surface area contributed by atoms with Gasteiger partial charge in [-0.25, -0.2) is 5.48 Å². The van der Waals surface area contributed by atoms with Crippen molar-refractivity contribution in [1.29, 1.82) is 0 Å². The normalized spacial score (nSPS) is 13.5. The molecule has 4 heteroatoms. The van der Waals surface area contributed by atoms with E-state index in [4.69, 9.17) is 4.89 Å². The van der Waals surface area contributed by atoms with Crippen LogP contribution in [0.3, 0.4) is 0 Å². The maximum absolute atomic E-state index is 4.77. The highest BCUT2D eigenvalue weighted by Gasteiger charge is 2.12. The van der Waals surface area contributed by atoms with Crippen LogP contribution in [0.2, 0.25) is 0 Å². The highest BCUT2D eigenvalue weighted by molar-refractivity contribution is 9.08. The number of nitrogens with one attached hydrogen (secondary N) is 1. The fourth-order valence-electron chi connectivity index (χ4n) is 0.923. The summed E-state index contributed by atoms with van der Waals surface area (Å²) in [6.45, 7) is 0. The molecule has 1 aliphatic rings. The van der Waals surface area contributed by atoms with Crippen LogP contribution >= 0.6 is 15.9 Å². The summed E-state index contributed by atoms with van der Waals surface area (Å²) in [5.41, 5.74) is 4.69. The van der Waals surface area contributed by atoms with Gasteiger partial charge in [0.15, 0.2) is 5.75 Å². The van der Waals surface area contributed by atoms with E-state index in [1.165, 1.54) is 5.56 Å². The summed E-state index contributed by atoms with van der Waals surface area (Å²) in [6.07, 6.45) is 0. The van der Waals surface area contributed by atoms with Crippen molar-refractivity contribution in [2.24, 2.45) is 0 Å². The summed E-state index contributed by atoms with van der Waals surface area (Å²) in [7, 11) is 0. The number of hydrogen-bond acceptors (Lipinski definition) is 3. The Bertz CT molecular complexity index is 277. The van der Waals surface area contributed by atoms with Crippen LogP contribution in [-0.2, 0) is 10.3 Å². The molecule has 0 saturated carbocycles. The highest BCUT2D eigenvalue weighted by Crippen LogP contribution is 2.30. The van der Waals surface area contributed by atoms with E-state index in [-0.39, 0.29) is 0 Å². The zero-order chi connectivity index (χ0) is 7.68. The largest absolute Gasteiger partial charge is 0.312 e. The molecule has 0 spiro atoms. The molecule has 0 bridgehead atoms. The molecule has 2 rings (SSSR count). The molecule has 3 nitrogen and oxygen atoms in total. The second kappa shape index (κ2) is 2.71. The van der Waals surface area contributed by atoms with Crippen molar-refractivity contribution in [2.45, 2.75) is 5.33 Å². The molecule has 0 amide bonds. The van der Waals surface area contributed by atoms with Crippen molar-refractivity contribution in [3.8, 4) is 5.75 Å². The Morgan fingerprint density at radius 2 is 2.36 bits per heavy atom. The lowest BCUT2D eigenvalue weighted by atomic mass is 10.2. The highest BCUT2D eigenvalue weighted by atomic mass is 79.9. The molecule has 1 aliphatic heterocycles. The van der Waals surface area contributed by atoms with E-state index in [2.05, 4.69) is 26.4 Å². The third kappa shape index (κ3) is 1.19. The lowest BCUT2D eigenvalue weighted by molar-refractivity contribution is -0.160. The van der Waals surface area contributed by atoms with E-state index in [1.807, 2.05) is 18.2 Å². The molecule has 1 aromatic rings. The first-order chi connectivity index (χ1) is 5.40. The summed E-state index contributed by atoms with van der Waals surface area (Å²) in [5, 5.41) is 0.835. The number of halogens is 1. The minimum Gasteiger partial charge on any atom is -0.312 e. The summed E-state index contributed by atoms with van der Waals surface area (Å²) in [5.74, 6) is 0.731. The average molecular weight is 216 g/mol. The van der Waals surface area contributed by atoms with Gasteiger partial charge in [0.05, 0.1) is 0 Å². The quantitative estimate of drug-likeness (QED) is 0.576. The van der Waals surface area contributed by atoms with Crippen LogP contribution in [0.4, 0.5) is 5.69 Å². The molecular weight excluding hydrogens is 210 g/mol. The van der Waals surface area contributed by atoms with Gasteiger partial charge >= 0.3 is 0 Å². The lowest BCUT2D eigenvalue weighted by Gasteiger charge is -1.95. The Labute approximate surface area is 72.3 Å². The van der Waals surface area contributed by atoms with Gasteiger partial charge in [-0.15, -0.1) is 0 Å². The molecule has 0 aliphatic carbocycles. The van der Waals surface area contributed by atoms with Crippen LogP contribution in [0.25, 0.3) is 0 Å². The summed E-state index contributed by atoms with van der Waals surface area (Å²) in [4.78, 5) is 9.32. The molecule has 0 radical (unpaired) electrons. The predicted octanol–water partition coefficient (Wildman–Crippen LogP) is 2.23. The van der Waals surface area contributed by atoms with Crippen molar-refractivity contribution in [2.75, 3.05) is 5.48 Å². The lowest BCUT2D eigenvalue weighted by Crippen LogP contribution is -1.91. The first-order valence-corrected chi connectivity index (χ1v) is 4.31. The van der Waals surface area contributed by atoms with Gasteiger partial charge in [-0.05, 0) is 17.7 Å². The summed E-state index contributed by atoms with van der Waals surface area (Å²) < 4.78 is 0. The molecule has 11 heavy (non-hydrogen) atoms. The van der Waals surface area contributed by atoms with Crippen LogP contribution in [-0.4, -0.2) is 0 Å². The molecule has 0 fully saturated rings. The number of rotatable bonds is 1. The number of anilines is 1. The minimum absolute atomic E-state index is 0.731. The van der Waals surface area contributed by atoms with Crippen LogP contribution in [0, 0.1) is 0 Å². The Morgan fingerprint density at radius 1 is 1.45 bits per heavy atom. The van der Waals surface area contributed by atoms with Crippen molar-refractivity contribution in [3.05, 3.63) is 23.8 Å². The van der Waals surface area contributed by atoms with Crippen LogP contribution in [0.5, 0.6) is 5.75 Å². The number of benzene rings is 1. The minimum atomic E-state index is 0.731. The van der Waals surface area contributed by atoms with E-state index >= 15 is 0 Å². The molecule has 0 saturated heterocycles. The standard InChI is InChI=1S/C7H6BrNO2/c8-4-5-1-2-7-6(3-5)9-11-10-7/h1-3,9H,4H2. The number of alkyl halides is 1. The van der Waals surface area contributed by atoms with Crippen LogP contribution in [0.1, 0.15) is 5.56 Å². The smallest absolute Gasteiger partial charge is 0.193 e. The fraction of sp³-hybridized carbons (Fsp3) is 0.143. The van der Waals surface area contributed by atoms with Gasteiger partial charge in [-0.3, -0.25) is 0 Å². The van der Waals surface area contributed by atoms with Crippen molar-refractivity contribution < 1.29 is 9.88 Å². The van der Waals surface area contributed by atoms with Gasteiger partial charge in [0, 0.05) is 5.33 Å². The van der Waals surface area contributed by atoms with Gasteiger partial charge < -0.3 is 4.89 Å². The van der Waals surface area contributed by atoms with E-state index in [0.29, 0.717) is 0 Å². The molecule has 1 heterocycles. The third-order valence-corrected chi connectivity index (χ3v) is 2.13. The van der Waals surface area contributed by atoms with Crippen molar-refractivity contribution in [3.63, 3.8) is 0 Å². The van der Waals surface area contributed by atoms with Gasteiger partial charge in [0.25, 0.3) is 0 Å². The second-order valence-corrected chi connectivity index (χ2v) is 2.79. The van der Waals surface area contributed by atoms with E-state index in [1.54, 1.807) is 0 Å². The van der Waals surface area contributed by atoms with Gasteiger partial charge in [0.1, 0.15) is 5.69 Å². The Balaban J connectivity index is 2.41. The maximum atomic E-state index is 4.77. The fourth-order valence-corrected chi connectivity index (χ4v) is 1.27. The second-order valence-electron chi connectivity index (χ2n) is 2.23. The third-order valence-electron chi connectivity index (χ3n) is 1.48. The van der Waals surface area contributed by atoms with Crippen molar-refractivity contribution in [1.82, 2.24) is 0 Å². The topological polar surface area (TPSA) is 30.5 Å². The van der Waals surface area contributed by atoms with E-state index < -0.39 is 0 Å². The first kappa shape index (κ1) is 6.94. The molecule has 0 aromatic heterocycles. The molecule has 0 atom stereocenters. The van der Waals surface area contributed by atoms with Gasteiger partial charge in [0.2, 0.25) is 0 Å². The van der Waals surface area contributed by atoms with E-state index in [9.17, 15) is 0 Å². The monoisotopic (exact) mass is 215 g/mol. The molecule has 1 aromatic carbocycles. The van der Waals surface area contributed by atoms with Gasteiger partial charge in [-0.2, -0.15) is 0 Å². The number of hydrogen-bond donors (Lipinski definition) is 1. The SMILES string of the molecule is BrCc1ccc2c(c1)NOO2. The van der Waals surface area contributed by atoms with Crippen LogP contribution < -0.4 is 10.4 Å². The Kier molecular flexibility index (Phi) is 1.71.